The van der Waals surface area contributed by atoms with E-state index in [4.69, 9.17) is 23.1 Å². The van der Waals surface area contributed by atoms with Crippen molar-refractivity contribution in [1.82, 2.24) is 15.3 Å². The molecule has 0 aliphatic heterocycles. The summed E-state index contributed by atoms with van der Waals surface area (Å²) < 4.78 is 0. The Morgan fingerprint density at radius 3 is 2.57 bits per heavy atom. The van der Waals surface area contributed by atoms with Gasteiger partial charge in [0.25, 0.3) is 0 Å². The van der Waals surface area contributed by atoms with Crippen LogP contribution in [-0.4, -0.2) is 16.0 Å². The summed E-state index contributed by atoms with van der Waals surface area (Å²) >= 11 is 7.54. The molecule has 0 unspecified atom stereocenters. The molecule has 1 heterocycles. The highest BCUT2D eigenvalue weighted by atomic mass is 35.5. The summed E-state index contributed by atoms with van der Waals surface area (Å²) in [6.07, 6.45) is 2.50. The normalized spacial score (nSPS) is 14.3. The molecule has 3 rings (SSSR count). The summed E-state index contributed by atoms with van der Waals surface area (Å²) in [4.78, 5) is 9.45. The SMILES string of the molecule is Nc1cc(N)nc(Sc2ccc(Cl)cc2CNC2CC2)n1. The Kier molecular flexibility index (Phi) is 4.19. The molecule has 0 radical (unpaired) electrons. The van der Waals surface area contributed by atoms with Crippen molar-refractivity contribution in [3.63, 3.8) is 0 Å². The van der Waals surface area contributed by atoms with Crippen LogP contribution in [0.2, 0.25) is 5.02 Å². The van der Waals surface area contributed by atoms with Gasteiger partial charge in [0.1, 0.15) is 11.6 Å². The largest absolute Gasteiger partial charge is 0.383 e. The lowest BCUT2D eigenvalue weighted by atomic mass is 10.2. The highest BCUT2D eigenvalue weighted by Gasteiger charge is 2.20. The third-order valence-corrected chi connectivity index (χ3v) is 4.35. The van der Waals surface area contributed by atoms with Gasteiger partial charge >= 0.3 is 0 Å². The van der Waals surface area contributed by atoms with Crippen molar-refractivity contribution in [2.24, 2.45) is 0 Å². The number of nitrogens with two attached hydrogens (primary N) is 2. The van der Waals surface area contributed by atoms with Crippen LogP contribution in [0.1, 0.15) is 18.4 Å². The molecule has 21 heavy (non-hydrogen) atoms. The third kappa shape index (κ3) is 4.00. The minimum absolute atomic E-state index is 0.372. The van der Waals surface area contributed by atoms with Gasteiger partial charge in [-0.25, -0.2) is 9.97 Å². The van der Waals surface area contributed by atoms with Gasteiger partial charge in [0.15, 0.2) is 5.16 Å². The molecule has 0 bridgehead atoms. The highest BCUT2D eigenvalue weighted by molar-refractivity contribution is 7.99. The minimum Gasteiger partial charge on any atom is -0.383 e. The van der Waals surface area contributed by atoms with Crippen molar-refractivity contribution < 1.29 is 0 Å². The average molecular weight is 322 g/mol. The Hall–Kier alpha value is -1.50. The molecule has 1 aliphatic carbocycles. The number of anilines is 2. The summed E-state index contributed by atoms with van der Waals surface area (Å²) in [7, 11) is 0. The average Bonchev–Trinajstić information content (AvgIpc) is 3.22. The molecule has 0 spiro atoms. The van der Waals surface area contributed by atoms with Gasteiger partial charge in [0.05, 0.1) is 0 Å². The summed E-state index contributed by atoms with van der Waals surface area (Å²) in [6.45, 7) is 0.783. The van der Waals surface area contributed by atoms with Crippen LogP contribution in [0.15, 0.2) is 34.3 Å². The van der Waals surface area contributed by atoms with Crippen LogP contribution >= 0.6 is 23.4 Å². The molecule has 2 aromatic rings. The number of halogens is 1. The Balaban J connectivity index is 1.82. The van der Waals surface area contributed by atoms with Crippen molar-refractivity contribution in [3.05, 3.63) is 34.9 Å². The zero-order chi connectivity index (χ0) is 14.8. The Bertz CT molecular complexity index is 640. The Labute approximate surface area is 132 Å². The van der Waals surface area contributed by atoms with Gasteiger partial charge in [0, 0.05) is 28.6 Å². The lowest BCUT2D eigenvalue weighted by Crippen LogP contribution is -2.15. The Morgan fingerprint density at radius 1 is 1.19 bits per heavy atom. The van der Waals surface area contributed by atoms with Crippen LogP contribution in [0.4, 0.5) is 11.6 Å². The summed E-state index contributed by atoms with van der Waals surface area (Å²) in [5.41, 5.74) is 12.5. The van der Waals surface area contributed by atoms with E-state index in [9.17, 15) is 0 Å². The second-order valence-electron chi connectivity index (χ2n) is 5.01. The van der Waals surface area contributed by atoms with Crippen LogP contribution in [0.3, 0.4) is 0 Å². The number of aromatic nitrogens is 2. The van der Waals surface area contributed by atoms with E-state index in [1.165, 1.54) is 24.6 Å². The van der Waals surface area contributed by atoms with E-state index in [2.05, 4.69) is 15.3 Å². The maximum Gasteiger partial charge on any atom is 0.196 e. The van der Waals surface area contributed by atoms with Gasteiger partial charge in [-0.1, -0.05) is 11.6 Å². The van der Waals surface area contributed by atoms with E-state index in [1.54, 1.807) is 6.07 Å². The topological polar surface area (TPSA) is 89.9 Å². The number of nitrogens with one attached hydrogen (secondary N) is 1. The molecule has 0 atom stereocenters. The monoisotopic (exact) mass is 321 g/mol. The first-order valence-corrected chi connectivity index (χ1v) is 7.89. The molecular weight excluding hydrogens is 306 g/mol. The minimum atomic E-state index is 0.372. The molecule has 1 fully saturated rings. The molecule has 0 saturated heterocycles. The van der Waals surface area contributed by atoms with Crippen LogP contribution < -0.4 is 16.8 Å². The second kappa shape index (κ2) is 6.09. The van der Waals surface area contributed by atoms with Crippen molar-refractivity contribution >= 4 is 35.0 Å². The zero-order valence-electron chi connectivity index (χ0n) is 11.3. The molecule has 110 valence electrons. The highest BCUT2D eigenvalue weighted by Crippen LogP contribution is 2.31. The van der Waals surface area contributed by atoms with Crippen molar-refractivity contribution in [2.45, 2.75) is 35.5 Å². The van der Waals surface area contributed by atoms with Crippen molar-refractivity contribution in [1.29, 1.82) is 0 Å². The fourth-order valence-electron chi connectivity index (χ4n) is 1.93. The number of hydrogen-bond acceptors (Lipinski definition) is 6. The summed E-state index contributed by atoms with van der Waals surface area (Å²) in [5, 5.41) is 4.75. The molecule has 0 amide bonds. The predicted molar refractivity (Wildman–Crippen MR) is 86.3 cm³/mol. The lowest BCUT2D eigenvalue weighted by Gasteiger charge is -2.10. The standard InChI is InChI=1S/C14H16ClN5S/c15-9-1-4-11(8(5-9)7-18-10-2-3-10)21-14-19-12(16)6-13(17)20-14/h1,4-6,10,18H,2-3,7H2,(H4,16,17,19,20). The maximum atomic E-state index is 6.09. The van der Waals surface area contributed by atoms with Gasteiger partial charge in [0.2, 0.25) is 0 Å². The zero-order valence-corrected chi connectivity index (χ0v) is 12.9. The number of benzene rings is 1. The summed E-state index contributed by atoms with van der Waals surface area (Å²) in [5.74, 6) is 0.744. The predicted octanol–water partition coefficient (Wildman–Crippen LogP) is 2.70. The van der Waals surface area contributed by atoms with E-state index in [0.29, 0.717) is 22.8 Å². The quantitative estimate of drug-likeness (QED) is 0.734. The fourth-order valence-corrected chi connectivity index (χ4v) is 3.03. The van der Waals surface area contributed by atoms with Crippen molar-refractivity contribution in [3.8, 4) is 0 Å². The molecule has 1 aliphatic rings. The van der Waals surface area contributed by atoms with Crippen LogP contribution in [0.25, 0.3) is 0 Å². The molecule has 5 nitrogen and oxygen atoms in total. The molecule has 7 heteroatoms. The van der Waals surface area contributed by atoms with Crippen LogP contribution in [0, 0.1) is 0 Å². The second-order valence-corrected chi connectivity index (χ2v) is 6.46. The van der Waals surface area contributed by atoms with Crippen LogP contribution in [0.5, 0.6) is 0 Å². The van der Waals surface area contributed by atoms with E-state index < -0.39 is 0 Å². The molecular formula is C14H16ClN5S. The first-order chi connectivity index (χ1) is 10.1. The first kappa shape index (κ1) is 14.4. The van der Waals surface area contributed by atoms with Gasteiger partial charge in [-0.05, 0) is 48.4 Å². The molecule has 5 N–H and O–H groups in total. The van der Waals surface area contributed by atoms with E-state index in [0.717, 1.165) is 22.0 Å². The molecule has 1 aromatic heterocycles. The van der Waals surface area contributed by atoms with Gasteiger partial charge in [-0.2, -0.15) is 0 Å². The lowest BCUT2D eigenvalue weighted by molar-refractivity contribution is 0.680. The third-order valence-electron chi connectivity index (χ3n) is 3.13. The maximum absolute atomic E-state index is 6.09. The van der Waals surface area contributed by atoms with Gasteiger partial charge in [-0.3, -0.25) is 0 Å². The molecule has 1 aromatic carbocycles. The van der Waals surface area contributed by atoms with Crippen molar-refractivity contribution in [2.75, 3.05) is 11.5 Å². The Morgan fingerprint density at radius 2 is 1.90 bits per heavy atom. The number of nitrogens with zero attached hydrogens (tertiary/aromatic N) is 2. The van der Waals surface area contributed by atoms with E-state index in [-0.39, 0.29) is 0 Å². The fraction of sp³-hybridized carbons (Fsp3) is 0.286. The van der Waals surface area contributed by atoms with E-state index in [1.807, 2.05) is 18.2 Å². The number of hydrogen-bond donors (Lipinski definition) is 3. The van der Waals surface area contributed by atoms with E-state index >= 15 is 0 Å². The van der Waals surface area contributed by atoms with Gasteiger partial charge < -0.3 is 16.8 Å². The number of rotatable bonds is 5. The number of nitrogen functional groups attached to an aromatic ring is 2. The van der Waals surface area contributed by atoms with Crippen LogP contribution in [-0.2, 0) is 6.54 Å². The smallest absolute Gasteiger partial charge is 0.196 e. The summed E-state index contributed by atoms with van der Waals surface area (Å²) in [6, 6.07) is 7.98. The first-order valence-electron chi connectivity index (χ1n) is 6.70. The molecule has 1 saturated carbocycles. The van der Waals surface area contributed by atoms with Gasteiger partial charge in [-0.15, -0.1) is 0 Å².